The number of carbonyl (C=O) groups is 1. The minimum absolute atomic E-state index is 0.175. The Balaban J connectivity index is 2.53. The van der Waals surface area contributed by atoms with Gasteiger partial charge in [0.05, 0.1) is 0 Å². The largest absolute Gasteiger partial charge is 0.339 e. The molecule has 0 aromatic carbocycles. The van der Waals surface area contributed by atoms with E-state index in [1.165, 1.54) is 0 Å². The second kappa shape index (κ2) is 4.65. The highest BCUT2D eigenvalue weighted by Gasteiger charge is 2.27. The van der Waals surface area contributed by atoms with Crippen LogP contribution in [0.2, 0.25) is 0 Å². The number of halogens is 1. The summed E-state index contributed by atoms with van der Waals surface area (Å²) >= 11 is 5.64. The van der Waals surface area contributed by atoms with Crippen molar-refractivity contribution in [1.29, 1.82) is 0 Å². The molecule has 8 heteroatoms. The first-order chi connectivity index (χ1) is 6.82. The average Bonchev–Trinajstić information content (AvgIpc) is 2.15. The Bertz CT molecular complexity index is 335. The van der Waals surface area contributed by atoms with E-state index in [4.69, 9.17) is 16.7 Å². The van der Waals surface area contributed by atoms with Gasteiger partial charge >= 0.3 is 0 Å². The molecule has 6 nitrogen and oxygen atoms in total. The van der Waals surface area contributed by atoms with Crippen molar-refractivity contribution < 1.29 is 13.2 Å². The second-order valence-electron chi connectivity index (χ2n) is 3.39. The van der Waals surface area contributed by atoms with Crippen LogP contribution < -0.4 is 5.14 Å². The third-order valence-corrected chi connectivity index (χ3v) is 3.52. The Kier molecular flexibility index (Phi) is 3.93. The minimum Gasteiger partial charge on any atom is -0.339 e. The van der Waals surface area contributed by atoms with E-state index in [1.54, 1.807) is 11.8 Å². The molecule has 0 bridgehead atoms. The van der Waals surface area contributed by atoms with Gasteiger partial charge in [0.1, 0.15) is 5.38 Å². The zero-order valence-electron chi connectivity index (χ0n) is 8.39. The van der Waals surface area contributed by atoms with Crippen molar-refractivity contribution in [2.45, 2.75) is 12.3 Å². The minimum atomic E-state index is -3.63. The molecule has 1 amide bonds. The molecule has 1 rings (SSSR count). The summed E-state index contributed by atoms with van der Waals surface area (Å²) in [5, 5.41) is 4.38. The maximum atomic E-state index is 11.4. The molecule has 1 unspecified atom stereocenters. The van der Waals surface area contributed by atoms with Crippen LogP contribution in [0.5, 0.6) is 0 Å². The SMILES string of the molecule is CC(Cl)C(=O)N1CCN(S(N)(=O)=O)CC1. The van der Waals surface area contributed by atoms with E-state index in [1.807, 2.05) is 0 Å². The smallest absolute Gasteiger partial charge is 0.277 e. The van der Waals surface area contributed by atoms with Crippen LogP contribution in [-0.4, -0.2) is 55.1 Å². The lowest BCUT2D eigenvalue weighted by atomic mass is 10.3. The van der Waals surface area contributed by atoms with Gasteiger partial charge in [-0.05, 0) is 6.92 Å². The van der Waals surface area contributed by atoms with Crippen LogP contribution in [0.4, 0.5) is 0 Å². The molecule has 88 valence electrons. The molecule has 1 saturated heterocycles. The van der Waals surface area contributed by atoms with Crippen LogP contribution in [0.3, 0.4) is 0 Å². The first kappa shape index (κ1) is 12.7. The van der Waals surface area contributed by atoms with Crippen molar-refractivity contribution >= 4 is 27.7 Å². The van der Waals surface area contributed by atoms with Gasteiger partial charge in [0.2, 0.25) is 5.91 Å². The third kappa shape index (κ3) is 3.30. The van der Waals surface area contributed by atoms with E-state index in [0.29, 0.717) is 13.1 Å². The molecule has 1 heterocycles. The van der Waals surface area contributed by atoms with Gasteiger partial charge in [-0.2, -0.15) is 12.7 Å². The first-order valence-electron chi connectivity index (χ1n) is 4.53. The van der Waals surface area contributed by atoms with Gasteiger partial charge in [0, 0.05) is 26.2 Å². The van der Waals surface area contributed by atoms with Crippen LogP contribution in [0.1, 0.15) is 6.92 Å². The standard InChI is InChI=1S/C7H14ClN3O3S/c1-6(8)7(12)10-2-4-11(5-3-10)15(9,13)14/h6H,2-5H2,1H3,(H2,9,13,14). The third-order valence-electron chi connectivity index (χ3n) is 2.25. The summed E-state index contributed by atoms with van der Waals surface area (Å²) in [6.45, 7) is 2.73. The topological polar surface area (TPSA) is 83.7 Å². The van der Waals surface area contributed by atoms with Gasteiger partial charge in [-0.1, -0.05) is 0 Å². The first-order valence-corrected chi connectivity index (χ1v) is 6.47. The van der Waals surface area contributed by atoms with Gasteiger partial charge < -0.3 is 4.90 Å². The number of hydrogen-bond acceptors (Lipinski definition) is 3. The molecule has 0 radical (unpaired) electrons. The molecular weight excluding hydrogens is 242 g/mol. The average molecular weight is 256 g/mol. The van der Waals surface area contributed by atoms with Crippen LogP contribution in [0.15, 0.2) is 0 Å². The fourth-order valence-corrected chi connectivity index (χ4v) is 2.22. The highest BCUT2D eigenvalue weighted by Crippen LogP contribution is 2.08. The Morgan fingerprint density at radius 2 is 1.80 bits per heavy atom. The van der Waals surface area contributed by atoms with Crippen LogP contribution >= 0.6 is 11.6 Å². The van der Waals surface area contributed by atoms with Crippen molar-refractivity contribution in [1.82, 2.24) is 9.21 Å². The van der Waals surface area contributed by atoms with Crippen LogP contribution in [-0.2, 0) is 15.0 Å². The molecule has 0 aromatic rings. The van der Waals surface area contributed by atoms with Gasteiger partial charge in [0.25, 0.3) is 10.2 Å². The van der Waals surface area contributed by atoms with E-state index in [-0.39, 0.29) is 19.0 Å². The molecule has 1 aliphatic rings. The normalized spacial score (nSPS) is 21.4. The summed E-state index contributed by atoms with van der Waals surface area (Å²) in [4.78, 5) is 13.0. The molecule has 1 atom stereocenters. The Hall–Kier alpha value is -0.370. The van der Waals surface area contributed by atoms with Crippen LogP contribution in [0.25, 0.3) is 0 Å². The van der Waals surface area contributed by atoms with E-state index >= 15 is 0 Å². The summed E-state index contributed by atoms with van der Waals surface area (Å²) in [7, 11) is -3.63. The van der Waals surface area contributed by atoms with Crippen LogP contribution in [0, 0.1) is 0 Å². The van der Waals surface area contributed by atoms with E-state index in [2.05, 4.69) is 0 Å². The highest BCUT2D eigenvalue weighted by molar-refractivity contribution is 7.86. The summed E-state index contributed by atoms with van der Waals surface area (Å²) in [6.07, 6.45) is 0. The molecule has 1 fully saturated rings. The van der Waals surface area contributed by atoms with Gasteiger partial charge in [0.15, 0.2) is 0 Å². The second-order valence-corrected chi connectivity index (χ2v) is 5.59. The quantitative estimate of drug-likeness (QED) is 0.640. The lowest BCUT2D eigenvalue weighted by Crippen LogP contribution is -2.53. The Morgan fingerprint density at radius 1 is 1.33 bits per heavy atom. The zero-order valence-corrected chi connectivity index (χ0v) is 9.96. The van der Waals surface area contributed by atoms with Crippen molar-refractivity contribution in [2.24, 2.45) is 5.14 Å². The molecule has 2 N–H and O–H groups in total. The van der Waals surface area contributed by atoms with Crippen molar-refractivity contribution in [3.05, 3.63) is 0 Å². The fourth-order valence-electron chi connectivity index (χ4n) is 1.41. The number of alkyl halides is 1. The lowest BCUT2D eigenvalue weighted by molar-refractivity contribution is -0.131. The number of nitrogens with two attached hydrogens (primary N) is 1. The molecule has 0 aromatic heterocycles. The maximum Gasteiger partial charge on any atom is 0.277 e. The lowest BCUT2D eigenvalue weighted by Gasteiger charge is -2.33. The summed E-state index contributed by atoms with van der Waals surface area (Å²) in [6, 6.07) is 0. The number of rotatable bonds is 2. The molecular formula is C7H14ClN3O3S. The monoisotopic (exact) mass is 255 g/mol. The Labute approximate surface area is 94.1 Å². The predicted octanol–water partition coefficient (Wildman–Crippen LogP) is -1.04. The van der Waals surface area contributed by atoms with E-state index < -0.39 is 15.6 Å². The molecule has 0 aliphatic carbocycles. The highest BCUT2D eigenvalue weighted by atomic mass is 35.5. The van der Waals surface area contributed by atoms with Crippen molar-refractivity contribution in [3.8, 4) is 0 Å². The summed E-state index contributed by atoms with van der Waals surface area (Å²) in [5.74, 6) is -0.175. The molecule has 15 heavy (non-hydrogen) atoms. The number of nitrogens with zero attached hydrogens (tertiary/aromatic N) is 2. The maximum absolute atomic E-state index is 11.4. The van der Waals surface area contributed by atoms with E-state index in [0.717, 1.165) is 4.31 Å². The summed E-state index contributed by atoms with van der Waals surface area (Å²) < 4.78 is 23.1. The molecule has 1 aliphatic heterocycles. The number of hydrogen-bond donors (Lipinski definition) is 1. The zero-order chi connectivity index (χ0) is 11.6. The predicted molar refractivity (Wildman–Crippen MR) is 56.6 cm³/mol. The molecule has 0 spiro atoms. The van der Waals surface area contributed by atoms with Gasteiger partial charge in [-0.3, -0.25) is 4.79 Å². The summed E-state index contributed by atoms with van der Waals surface area (Å²) in [5.41, 5.74) is 0. The van der Waals surface area contributed by atoms with Crippen molar-refractivity contribution in [2.75, 3.05) is 26.2 Å². The van der Waals surface area contributed by atoms with Gasteiger partial charge in [-0.15, -0.1) is 11.6 Å². The van der Waals surface area contributed by atoms with E-state index in [9.17, 15) is 13.2 Å². The van der Waals surface area contributed by atoms with Gasteiger partial charge in [-0.25, -0.2) is 5.14 Å². The fraction of sp³-hybridized carbons (Fsp3) is 0.857. The Morgan fingerprint density at radius 3 is 2.13 bits per heavy atom. The number of piperazine rings is 1. The number of amides is 1. The van der Waals surface area contributed by atoms with Crippen molar-refractivity contribution in [3.63, 3.8) is 0 Å². The number of carbonyl (C=O) groups excluding carboxylic acids is 1. The molecule has 0 saturated carbocycles.